The van der Waals surface area contributed by atoms with Crippen LogP contribution in [0.25, 0.3) is 5.65 Å². The molecule has 2 amide bonds. The molecule has 0 aliphatic carbocycles. The first-order chi connectivity index (χ1) is 13.0. The average molecular weight is 383 g/mol. The molecule has 0 radical (unpaired) electrons. The Morgan fingerprint density at radius 3 is 2.93 bits per heavy atom. The molecule has 8 nitrogen and oxygen atoms in total. The SMILES string of the molecule is Cc1ccc2ncc(C(=O)N3CCCC3C(=O)Nc3nccs3)c(=O)n2c1. The number of nitrogens with one attached hydrogen (secondary N) is 1. The van der Waals surface area contributed by atoms with Crippen molar-refractivity contribution in [3.05, 3.63) is 57.6 Å². The molecule has 0 saturated carbocycles. The molecule has 3 aromatic heterocycles. The van der Waals surface area contributed by atoms with E-state index in [1.54, 1.807) is 23.8 Å². The summed E-state index contributed by atoms with van der Waals surface area (Å²) in [5, 5.41) is 4.98. The largest absolute Gasteiger partial charge is 0.326 e. The predicted octanol–water partition coefficient (Wildman–Crippen LogP) is 1.70. The van der Waals surface area contributed by atoms with Crippen LogP contribution in [0.5, 0.6) is 0 Å². The number of fused-ring (bicyclic) bond motifs is 1. The van der Waals surface area contributed by atoms with Crippen molar-refractivity contribution < 1.29 is 9.59 Å². The first-order valence-electron chi connectivity index (χ1n) is 8.54. The Labute approximate surface area is 158 Å². The second-order valence-corrected chi connectivity index (χ2v) is 7.29. The van der Waals surface area contributed by atoms with Crippen LogP contribution in [0.1, 0.15) is 28.8 Å². The number of rotatable bonds is 3. The molecule has 1 fully saturated rings. The van der Waals surface area contributed by atoms with Crippen molar-refractivity contribution in [1.82, 2.24) is 19.3 Å². The molecular formula is C18H17N5O3S. The fourth-order valence-corrected chi connectivity index (χ4v) is 3.77. The number of aryl methyl sites for hydroxylation is 1. The molecule has 4 heterocycles. The van der Waals surface area contributed by atoms with Crippen molar-refractivity contribution in [3.8, 4) is 0 Å². The van der Waals surface area contributed by atoms with Crippen molar-refractivity contribution in [2.45, 2.75) is 25.8 Å². The van der Waals surface area contributed by atoms with Gasteiger partial charge in [-0.15, -0.1) is 11.3 Å². The zero-order valence-corrected chi connectivity index (χ0v) is 15.4. The second-order valence-electron chi connectivity index (χ2n) is 6.39. The predicted molar refractivity (Wildman–Crippen MR) is 101 cm³/mol. The highest BCUT2D eigenvalue weighted by atomic mass is 32.1. The molecule has 0 spiro atoms. The van der Waals surface area contributed by atoms with Gasteiger partial charge in [-0.05, 0) is 31.4 Å². The number of pyridine rings is 1. The summed E-state index contributed by atoms with van der Waals surface area (Å²) < 4.78 is 1.36. The number of carbonyl (C=O) groups excluding carboxylic acids is 2. The molecule has 4 rings (SSSR count). The third kappa shape index (κ3) is 3.21. The Hall–Kier alpha value is -3.07. The highest BCUT2D eigenvalue weighted by Crippen LogP contribution is 2.21. The van der Waals surface area contributed by atoms with E-state index in [-0.39, 0.29) is 11.5 Å². The molecule has 138 valence electrons. The van der Waals surface area contributed by atoms with Gasteiger partial charge in [0.2, 0.25) is 5.91 Å². The van der Waals surface area contributed by atoms with Crippen molar-refractivity contribution >= 4 is 33.9 Å². The Balaban J connectivity index is 1.63. The van der Waals surface area contributed by atoms with Gasteiger partial charge in [-0.1, -0.05) is 6.07 Å². The summed E-state index contributed by atoms with van der Waals surface area (Å²) in [7, 11) is 0. The lowest BCUT2D eigenvalue weighted by Crippen LogP contribution is -2.45. The Morgan fingerprint density at radius 2 is 2.15 bits per heavy atom. The third-order valence-electron chi connectivity index (χ3n) is 4.56. The van der Waals surface area contributed by atoms with E-state index in [1.807, 2.05) is 13.0 Å². The van der Waals surface area contributed by atoms with Gasteiger partial charge in [0.05, 0.1) is 0 Å². The summed E-state index contributed by atoms with van der Waals surface area (Å²) >= 11 is 1.31. The van der Waals surface area contributed by atoms with Crippen molar-refractivity contribution in [3.63, 3.8) is 0 Å². The molecule has 1 N–H and O–H groups in total. The maximum Gasteiger partial charge on any atom is 0.270 e. The van der Waals surface area contributed by atoms with Gasteiger partial charge in [0.15, 0.2) is 5.13 Å². The first kappa shape index (κ1) is 17.3. The van der Waals surface area contributed by atoms with Crippen LogP contribution in [0, 0.1) is 6.92 Å². The lowest BCUT2D eigenvalue weighted by atomic mass is 10.2. The molecule has 1 saturated heterocycles. The maximum atomic E-state index is 13.0. The normalized spacial score (nSPS) is 16.6. The molecule has 0 bridgehead atoms. The van der Waals surface area contributed by atoms with Gasteiger partial charge in [-0.25, -0.2) is 9.97 Å². The number of amides is 2. The zero-order valence-electron chi connectivity index (χ0n) is 14.6. The number of likely N-dealkylation sites (tertiary alicyclic amines) is 1. The third-order valence-corrected chi connectivity index (χ3v) is 5.25. The first-order valence-corrected chi connectivity index (χ1v) is 9.42. The number of hydrogen-bond acceptors (Lipinski definition) is 6. The van der Waals surface area contributed by atoms with Crippen molar-refractivity contribution in [2.24, 2.45) is 0 Å². The monoisotopic (exact) mass is 383 g/mol. The molecule has 27 heavy (non-hydrogen) atoms. The summed E-state index contributed by atoms with van der Waals surface area (Å²) in [4.78, 5) is 48.0. The fourth-order valence-electron chi connectivity index (χ4n) is 3.24. The van der Waals surface area contributed by atoms with E-state index in [4.69, 9.17) is 0 Å². The smallest absolute Gasteiger partial charge is 0.270 e. The van der Waals surface area contributed by atoms with Gasteiger partial charge >= 0.3 is 0 Å². The fraction of sp³-hybridized carbons (Fsp3) is 0.278. The summed E-state index contributed by atoms with van der Waals surface area (Å²) in [6.07, 6.45) is 5.79. The molecule has 0 aromatic carbocycles. The van der Waals surface area contributed by atoms with Gasteiger partial charge < -0.3 is 10.2 Å². The van der Waals surface area contributed by atoms with Crippen LogP contribution in [0.3, 0.4) is 0 Å². The molecule has 1 aliphatic rings. The van der Waals surface area contributed by atoms with E-state index >= 15 is 0 Å². The number of nitrogens with zero attached hydrogens (tertiary/aromatic N) is 4. The minimum absolute atomic E-state index is 0.0351. The summed E-state index contributed by atoms with van der Waals surface area (Å²) in [5.41, 5.74) is 0.895. The van der Waals surface area contributed by atoms with Crippen molar-refractivity contribution in [1.29, 1.82) is 0 Å². The van der Waals surface area contributed by atoms with E-state index < -0.39 is 17.5 Å². The Morgan fingerprint density at radius 1 is 1.30 bits per heavy atom. The number of thiazole rings is 1. The minimum Gasteiger partial charge on any atom is -0.326 e. The Bertz CT molecular complexity index is 1080. The van der Waals surface area contributed by atoms with Gasteiger partial charge in [0, 0.05) is 30.5 Å². The van der Waals surface area contributed by atoms with E-state index in [0.717, 1.165) is 5.56 Å². The van der Waals surface area contributed by atoms with Crippen LogP contribution in [-0.4, -0.2) is 43.7 Å². The lowest BCUT2D eigenvalue weighted by molar-refractivity contribution is -0.119. The van der Waals surface area contributed by atoms with Gasteiger partial charge in [-0.3, -0.25) is 18.8 Å². The topological polar surface area (TPSA) is 96.7 Å². The molecule has 9 heteroatoms. The highest BCUT2D eigenvalue weighted by molar-refractivity contribution is 7.13. The van der Waals surface area contributed by atoms with Crippen LogP contribution >= 0.6 is 11.3 Å². The van der Waals surface area contributed by atoms with Gasteiger partial charge in [-0.2, -0.15) is 0 Å². The van der Waals surface area contributed by atoms with Crippen LogP contribution in [0.2, 0.25) is 0 Å². The van der Waals surface area contributed by atoms with Gasteiger partial charge in [0.25, 0.3) is 11.5 Å². The molecule has 1 unspecified atom stereocenters. The van der Waals surface area contributed by atoms with Crippen LogP contribution in [-0.2, 0) is 4.79 Å². The lowest BCUT2D eigenvalue weighted by Gasteiger charge is -2.23. The summed E-state index contributed by atoms with van der Waals surface area (Å²) in [5.74, 6) is -0.763. The standard InChI is InChI=1S/C18H17N5O3S/c1-11-4-5-14-20-9-12(17(26)23(14)10-11)16(25)22-7-2-3-13(22)15(24)21-18-19-6-8-27-18/h4-6,8-10,13H,2-3,7H2,1H3,(H,19,21,24). The second kappa shape index (κ2) is 6.92. The zero-order chi connectivity index (χ0) is 19.0. The van der Waals surface area contributed by atoms with E-state index in [0.29, 0.717) is 30.2 Å². The molecule has 1 aliphatic heterocycles. The summed E-state index contributed by atoms with van der Waals surface area (Å²) in [6, 6.07) is 2.95. The summed E-state index contributed by atoms with van der Waals surface area (Å²) in [6.45, 7) is 2.28. The number of aromatic nitrogens is 3. The van der Waals surface area contributed by atoms with Crippen LogP contribution < -0.4 is 10.9 Å². The Kier molecular flexibility index (Phi) is 4.44. The van der Waals surface area contributed by atoms with Crippen molar-refractivity contribution in [2.75, 3.05) is 11.9 Å². The number of anilines is 1. The average Bonchev–Trinajstić information content (AvgIpc) is 3.33. The number of hydrogen-bond donors (Lipinski definition) is 1. The van der Waals surface area contributed by atoms with Crippen LogP contribution in [0.15, 0.2) is 40.9 Å². The van der Waals surface area contributed by atoms with Gasteiger partial charge in [0.1, 0.15) is 17.3 Å². The van der Waals surface area contributed by atoms with E-state index in [9.17, 15) is 14.4 Å². The number of carbonyl (C=O) groups is 2. The highest BCUT2D eigenvalue weighted by Gasteiger charge is 2.36. The van der Waals surface area contributed by atoms with E-state index in [1.165, 1.54) is 26.8 Å². The quantitative estimate of drug-likeness (QED) is 0.743. The molecular weight excluding hydrogens is 366 g/mol. The maximum absolute atomic E-state index is 13.0. The van der Waals surface area contributed by atoms with Crippen LogP contribution in [0.4, 0.5) is 5.13 Å². The molecule has 3 aromatic rings. The molecule has 1 atom stereocenters. The minimum atomic E-state index is -0.626. The van der Waals surface area contributed by atoms with E-state index in [2.05, 4.69) is 15.3 Å².